The minimum absolute atomic E-state index is 0.304. The number of carbonyl (C=O) groups is 1. The van der Waals surface area contributed by atoms with Gasteiger partial charge < -0.3 is 14.6 Å². The number of hydrogen-bond donors (Lipinski definition) is 2. The first-order valence-electron chi connectivity index (χ1n) is 5.56. The van der Waals surface area contributed by atoms with Crippen LogP contribution in [-0.2, 0) is 4.79 Å². The van der Waals surface area contributed by atoms with Gasteiger partial charge in [0.05, 0.1) is 17.7 Å². The quantitative estimate of drug-likeness (QED) is 0.800. The van der Waals surface area contributed by atoms with Gasteiger partial charge in [-0.3, -0.25) is 4.79 Å². The Kier molecular flexibility index (Phi) is 3.73. The van der Waals surface area contributed by atoms with Crippen LogP contribution in [0, 0.1) is 5.92 Å². The highest BCUT2D eigenvalue weighted by Gasteiger charge is 2.36. The molecule has 1 fully saturated rings. The van der Waals surface area contributed by atoms with E-state index in [0.29, 0.717) is 36.7 Å². The van der Waals surface area contributed by atoms with Gasteiger partial charge in [-0.1, -0.05) is 11.8 Å². The Hall–Kier alpha value is -1.01. The summed E-state index contributed by atoms with van der Waals surface area (Å²) in [6.07, 6.45) is 5.19. The molecular weight excluding hydrogens is 242 g/mol. The van der Waals surface area contributed by atoms with E-state index < -0.39 is 11.6 Å². The van der Waals surface area contributed by atoms with Gasteiger partial charge in [0.25, 0.3) is 5.22 Å². The lowest BCUT2D eigenvalue weighted by Crippen LogP contribution is -2.38. The van der Waals surface area contributed by atoms with Crippen LogP contribution in [0.2, 0.25) is 0 Å². The van der Waals surface area contributed by atoms with Gasteiger partial charge in [-0.15, -0.1) is 0 Å². The molecule has 0 spiro atoms. The molecule has 0 radical (unpaired) electrons. The van der Waals surface area contributed by atoms with Gasteiger partial charge in [-0.25, -0.2) is 4.98 Å². The van der Waals surface area contributed by atoms with E-state index in [4.69, 9.17) is 9.52 Å². The van der Waals surface area contributed by atoms with Crippen LogP contribution in [0.3, 0.4) is 0 Å². The average Bonchev–Trinajstić information content (AvgIpc) is 2.80. The maximum absolute atomic E-state index is 10.8. The second-order valence-corrected chi connectivity index (χ2v) is 5.35. The van der Waals surface area contributed by atoms with Gasteiger partial charge in [0.1, 0.15) is 6.26 Å². The summed E-state index contributed by atoms with van der Waals surface area (Å²) in [5.74, 6) is -0.561. The van der Waals surface area contributed by atoms with E-state index in [2.05, 4.69) is 4.98 Å². The summed E-state index contributed by atoms with van der Waals surface area (Å²) in [5.41, 5.74) is -0.787. The fourth-order valence-electron chi connectivity index (χ4n) is 2.02. The molecule has 0 bridgehead atoms. The number of aliphatic carboxylic acids is 1. The van der Waals surface area contributed by atoms with Crippen LogP contribution in [-0.4, -0.2) is 32.5 Å². The number of thioether (sulfide) groups is 1. The maximum Gasteiger partial charge on any atom is 0.306 e. The van der Waals surface area contributed by atoms with Crippen molar-refractivity contribution in [2.75, 3.05) is 5.75 Å². The second kappa shape index (κ2) is 5.10. The van der Waals surface area contributed by atoms with Crippen molar-refractivity contribution in [1.82, 2.24) is 4.98 Å². The van der Waals surface area contributed by atoms with Crippen molar-refractivity contribution in [3.05, 3.63) is 12.5 Å². The SMILES string of the molecule is O=C(O)C1CCC(O)(CSc2ncco2)CC1. The van der Waals surface area contributed by atoms with Crippen molar-refractivity contribution in [2.24, 2.45) is 5.92 Å². The highest BCUT2D eigenvalue weighted by atomic mass is 32.2. The Morgan fingerprint density at radius 3 is 2.82 bits per heavy atom. The fraction of sp³-hybridized carbons (Fsp3) is 0.636. The standard InChI is InChI=1S/C11H15NO4S/c13-9(14)8-1-3-11(15,4-2-8)7-17-10-12-5-6-16-10/h5-6,8,15H,1-4,7H2,(H,13,14). The predicted octanol–water partition coefficient (Wildman–Crippen LogP) is 1.77. The van der Waals surface area contributed by atoms with Gasteiger partial charge in [0.2, 0.25) is 0 Å². The molecule has 17 heavy (non-hydrogen) atoms. The molecule has 0 aliphatic heterocycles. The highest BCUT2D eigenvalue weighted by Crippen LogP contribution is 2.35. The average molecular weight is 257 g/mol. The van der Waals surface area contributed by atoms with E-state index >= 15 is 0 Å². The van der Waals surface area contributed by atoms with Gasteiger partial charge in [0.15, 0.2) is 0 Å². The summed E-state index contributed by atoms with van der Waals surface area (Å²) >= 11 is 1.37. The van der Waals surface area contributed by atoms with E-state index in [1.165, 1.54) is 18.0 Å². The Morgan fingerprint density at radius 1 is 1.59 bits per heavy atom. The molecule has 2 rings (SSSR count). The molecule has 1 aliphatic carbocycles. The minimum Gasteiger partial charge on any atom is -0.481 e. The Morgan fingerprint density at radius 2 is 2.29 bits per heavy atom. The van der Waals surface area contributed by atoms with E-state index in [-0.39, 0.29) is 5.92 Å². The molecule has 1 aliphatic rings. The molecule has 1 aromatic rings. The Bertz CT molecular complexity index is 371. The normalized spacial score (nSPS) is 29.1. The fourth-order valence-corrected chi connectivity index (χ4v) is 2.96. The predicted molar refractivity (Wildman–Crippen MR) is 61.8 cm³/mol. The van der Waals surface area contributed by atoms with Crippen LogP contribution >= 0.6 is 11.8 Å². The van der Waals surface area contributed by atoms with Crippen molar-refractivity contribution >= 4 is 17.7 Å². The number of aliphatic hydroxyl groups is 1. The van der Waals surface area contributed by atoms with Gasteiger partial charge in [-0.05, 0) is 25.7 Å². The van der Waals surface area contributed by atoms with Gasteiger partial charge >= 0.3 is 5.97 Å². The van der Waals surface area contributed by atoms with E-state index in [0.717, 1.165) is 0 Å². The monoisotopic (exact) mass is 257 g/mol. The molecule has 0 saturated heterocycles. The van der Waals surface area contributed by atoms with Crippen LogP contribution in [0.25, 0.3) is 0 Å². The van der Waals surface area contributed by atoms with E-state index in [9.17, 15) is 9.90 Å². The molecule has 6 heteroatoms. The molecule has 1 heterocycles. The molecule has 94 valence electrons. The summed E-state index contributed by atoms with van der Waals surface area (Å²) in [7, 11) is 0. The van der Waals surface area contributed by atoms with Crippen LogP contribution in [0.4, 0.5) is 0 Å². The number of aromatic nitrogens is 1. The second-order valence-electron chi connectivity index (χ2n) is 4.42. The summed E-state index contributed by atoms with van der Waals surface area (Å²) < 4.78 is 5.08. The molecule has 0 atom stereocenters. The molecule has 0 unspecified atom stereocenters. The largest absolute Gasteiger partial charge is 0.481 e. The van der Waals surface area contributed by atoms with Crippen molar-refractivity contribution in [3.8, 4) is 0 Å². The van der Waals surface area contributed by atoms with Crippen LogP contribution in [0.5, 0.6) is 0 Å². The first kappa shape index (κ1) is 12.4. The number of carboxylic acid groups (broad SMARTS) is 1. The number of oxazole rings is 1. The molecule has 1 saturated carbocycles. The summed E-state index contributed by atoms with van der Waals surface area (Å²) in [4.78, 5) is 14.8. The third kappa shape index (κ3) is 3.23. The summed E-state index contributed by atoms with van der Waals surface area (Å²) in [5, 5.41) is 19.7. The van der Waals surface area contributed by atoms with E-state index in [1.54, 1.807) is 6.20 Å². The van der Waals surface area contributed by atoms with Crippen LogP contribution in [0.15, 0.2) is 22.1 Å². The van der Waals surface area contributed by atoms with Crippen molar-refractivity contribution < 1.29 is 19.4 Å². The third-order valence-corrected chi connectivity index (χ3v) is 4.27. The number of hydrogen-bond acceptors (Lipinski definition) is 5. The highest BCUT2D eigenvalue weighted by molar-refractivity contribution is 7.99. The van der Waals surface area contributed by atoms with Crippen LogP contribution in [0.1, 0.15) is 25.7 Å². The zero-order valence-electron chi connectivity index (χ0n) is 9.33. The molecular formula is C11H15NO4S. The number of nitrogens with zero attached hydrogens (tertiary/aromatic N) is 1. The lowest BCUT2D eigenvalue weighted by molar-refractivity contribution is -0.144. The number of carboxylic acids is 1. The lowest BCUT2D eigenvalue weighted by atomic mass is 9.80. The van der Waals surface area contributed by atoms with E-state index in [1.807, 2.05) is 0 Å². The summed E-state index contributed by atoms with van der Waals surface area (Å²) in [6.45, 7) is 0. The molecule has 2 N–H and O–H groups in total. The zero-order chi connectivity index (χ0) is 12.3. The van der Waals surface area contributed by atoms with Gasteiger partial charge in [-0.2, -0.15) is 0 Å². The van der Waals surface area contributed by atoms with Gasteiger partial charge in [0, 0.05) is 5.75 Å². The maximum atomic E-state index is 10.8. The molecule has 0 amide bonds. The minimum atomic E-state index is -0.787. The molecule has 0 aromatic carbocycles. The van der Waals surface area contributed by atoms with Crippen molar-refractivity contribution in [3.63, 3.8) is 0 Å². The Labute approximate surface area is 103 Å². The first-order valence-corrected chi connectivity index (χ1v) is 6.55. The topological polar surface area (TPSA) is 83.6 Å². The van der Waals surface area contributed by atoms with Crippen molar-refractivity contribution in [2.45, 2.75) is 36.5 Å². The molecule has 1 aromatic heterocycles. The first-order chi connectivity index (χ1) is 8.09. The van der Waals surface area contributed by atoms with Crippen LogP contribution < -0.4 is 0 Å². The lowest BCUT2D eigenvalue weighted by Gasteiger charge is -2.33. The Balaban J connectivity index is 1.83. The molecule has 5 nitrogen and oxygen atoms in total. The number of rotatable bonds is 4. The third-order valence-electron chi connectivity index (χ3n) is 3.14. The summed E-state index contributed by atoms with van der Waals surface area (Å²) in [6, 6.07) is 0. The smallest absolute Gasteiger partial charge is 0.306 e. The van der Waals surface area contributed by atoms with Crippen molar-refractivity contribution in [1.29, 1.82) is 0 Å². The zero-order valence-corrected chi connectivity index (χ0v) is 10.2.